The zero-order valence-corrected chi connectivity index (χ0v) is 7.26. The molecule has 1 heterocycles. The highest BCUT2D eigenvalue weighted by Gasteiger charge is 2.28. The molecule has 1 aliphatic rings. The number of methoxy groups -OCH3 is 1. The number of rotatable bonds is 2. The van der Waals surface area contributed by atoms with Crippen molar-refractivity contribution in [2.75, 3.05) is 20.3 Å². The van der Waals surface area contributed by atoms with Gasteiger partial charge in [-0.1, -0.05) is 0 Å². The molecule has 11 heavy (non-hydrogen) atoms. The third-order valence-corrected chi connectivity index (χ3v) is 1.89. The highest BCUT2D eigenvalue weighted by Crippen LogP contribution is 2.22. The van der Waals surface area contributed by atoms with E-state index in [-0.39, 0.29) is 5.60 Å². The number of hydrogen-bond acceptors (Lipinski definition) is 3. The summed E-state index contributed by atoms with van der Waals surface area (Å²) >= 11 is 0. The first-order chi connectivity index (χ1) is 5.27. The monoisotopic (exact) mass is 160 g/mol. The van der Waals surface area contributed by atoms with Gasteiger partial charge in [0, 0.05) is 7.11 Å². The minimum absolute atomic E-state index is 0.231. The van der Waals surface area contributed by atoms with Crippen molar-refractivity contribution in [1.82, 2.24) is 0 Å². The molecular weight excluding hydrogens is 144 g/mol. The molecular formula is C8H16O3. The lowest BCUT2D eigenvalue weighted by molar-refractivity contribution is -0.357. The summed E-state index contributed by atoms with van der Waals surface area (Å²) in [5, 5.41) is 0. The van der Waals surface area contributed by atoms with Crippen LogP contribution in [0.3, 0.4) is 0 Å². The molecule has 0 aromatic carbocycles. The first-order valence-electron chi connectivity index (χ1n) is 4.06. The zero-order valence-electron chi connectivity index (χ0n) is 7.26. The second kappa shape index (κ2) is 4.04. The van der Waals surface area contributed by atoms with E-state index < -0.39 is 0 Å². The molecule has 0 spiro atoms. The summed E-state index contributed by atoms with van der Waals surface area (Å²) in [5.74, 6) is 0. The molecule has 0 aromatic rings. The smallest absolute Gasteiger partial charge is 0.124 e. The van der Waals surface area contributed by atoms with Crippen molar-refractivity contribution >= 4 is 0 Å². The second-order valence-electron chi connectivity index (χ2n) is 3.25. The van der Waals surface area contributed by atoms with Crippen LogP contribution in [0.4, 0.5) is 0 Å². The molecule has 1 saturated heterocycles. The van der Waals surface area contributed by atoms with Gasteiger partial charge in [-0.3, -0.25) is 0 Å². The molecule has 0 radical (unpaired) electrons. The Morgan fingerprint density at radius 2 is 2.27 bits per heavy atom. The highest BCUT2D eigenvalue weighted by molar-refractivity contribution is 4.73. The molecule has 1 unspecified atom stereocenters. The summed E-state index contributed by atoms with van der Waals surface area (Å²) in [5.41, 5.74) is -0.231. The van der Waals surface area contributed by atoms with Crippen LogP contribution < -0.4 is 0 Å². The molecule has 0 bridgehead atoms. The average Bonchev–Trinajstić information content (AvgIpc) is 2.15. The van der Waals surface area contributed by atoms with E-state index in [4.69, 9.17) is 14.5 Å². The lowest BCUT2D eigenvalue weighted by atomic mass is 10.0. The first kappa shape index (κ1) is 8.97. The molecule has 0 aromatic heterocycles. The Bertz CT molecular complexity index is 106. The van der Waals surface area contributed by atoms with Crippen molar-refractivity contribution in [3.63, 3.8) is 0 Å². The van der Waals surface area contributed by atoms with Gasteiger partial charge in [0.2, 0.25) is 0 Å². The lowest BCUT2D eigenvalue weighted by Crippen LogP contribution is -2.32. The third-order valence-electron chi connectivity index (χ3n) is 1.89. The van der Waals surface area contributed by atoms with E-state index in [1.807, 2.05) is 6.92 Å². The van der Waals surface area contributed by atoms with Crippen LogP contribution in [0.25, 0.3) is 0 Å². The SMILES string of the molecule is COCC1(C)CCCCOO1. The predicted molar refractivity (Wildman–Crippen MR) is 41.2 cm³/mol. The molecule has 1 atom stereocenters. The maximum absolute atomic E-state index is 5.21. The molecule has 1 aliphatic heterocycles. The van der Waals surface area contributed by atoms with E-state index in [0.717, 1.165) is 19.3 Å². The van der Waals surface area contributed by atoms with Crippen LogP contribution in [0.15, 0.2) is 0 Å². The van der Waals surface area contributed by atoms with Crippen molar-refractivity contribution < 1.29 is 14.5 Å². The maximum atomic E-state index is 5.21. The lowest BCUT2D eigenvalue weighted by Gasteiger charge is -2.24. The Labute approximate surface area is 67.6 Å². The van der Waals surface area contributed by atoms with Crippen LogP contribution >= 0.6 is 0 Å². The van der Waals surface area contributed by atoms with E-state index in [9.17, 15) is 0 Å². The van der Waals surface area contributed by atoms with Gasteiger partial charge in [-0.05, 0) is 26.2 Å². The van der Waals surface area contributed by atoms with Gasteiger partial charge in [0.25, 0.3) is 0 Å². The molecule has 1 rings (SSSR count). The normalized spacial score (nSPS) is 33.3. The summed E-state index contributed by atoms with van der Waals surface area (Å²) < 4.78 is 5.03. The Balaban J connectivity index is 2.38. The zero-order chi connectivity index (χ0) is 8.16. The van der Waals surface area contributed by atoms with Crippen molar-refractivity contribution in [2.45, 2.75) is 31.8 Å². The minimum Gasteiger partial charge on any atom is -0.382 e. The van der Waals surface area contributed by atoms with Crippen LogP contribution in [0.1, 0.15) is 26.2 Å². The van der Waals surface area contributed by atoms with Crippen molar-refractivity contribution in [3.05, 3.63) is 0 Å². The summed E-state index contributed by atoms with van der Waals surface area (Å²) in [7, 11) is 1.68. The second-order valence-corrected chi connectivity index (χ2v) is 3.25. The molecule has 3 nitrogen and oxygen atoms in total. The van der Waals surface area contributed by atoms with Gasteiger partial charge in [0.1, 0.15) is 5.60 Å². The van der Waals surface area contributed by atoms with E-state index >= 15 is 0 Å². The Kier molecular flexibility index (Phi) is 3.30. The van der Waals surface area contributed by atoms with Crippen molar-refractivity contribution in [3.8, 4) is 0 Å². The standard InChI is InChI=1S/C8H16O3/c1-8(7-9-2)5-3-4-6-10-11-8/h3-7H2,1-2H3. The van der Waals surface area contributed by atoms with E-state index in [1.165, 1.54) is 0 Å². The average molecular weight is 160 g/mol. The maximum Gasteiger partial charge on any atom is 0.124 e. The summed E-state index contributed by atoms with van der Waals surface area (Å²) in [6, 6.07) is 0. The molecule has 3 heteroatoms. The number of ether oxygens (including phenoxy) is 1. The summed E-state index contributed by atoms with van der Waals surface area (Å²) in [6.45, 7) is 3.33. The molecule has 66 valence electrons. The van der Waals surface area contributed by atoms with Crippen LogP contribution in [0.5, 0.6) is 0 Å². The largest absolute Gasteiger partial charge is 0.382 e. The minimum atomic E-state index is -0.231. The Morgan fingerprint density at radius 1 is 1.45 bits per heavy atom. The van der Waals surface area contributed by atoms with Gasteiger partial charge >= 0.3 is 0 Å². The highest BCUT2D eigenvalue weighted by atomic mass is 17.2. The van der Waals surface area contributed by atoms with Gasteiger partial charge in [-0.15, -0.1) is 0 Å². The molecule has 0 saturated carbocycles. The van der Waals surface area contributed by atoms with Crippen LogP contribution in [-0.2, 0) is 14.5 Å². The van der Waals surface area contributed by atoms with Crippen LogP contribution in [0.2, 0.25) is 0 Å². The topological polar surface area (TPSA) is 27.7 Å². The number of hydrogen-bond donors (Lipinski definition) is 0. The van der Waals surface area contributed by atoms with Gasteiger partial charge < -0.3 is 4.74 Å². The fraction of sp³-hybridized carbons (Fsp3) is 1.00. The van der Waals surface area contributed by atoms with Gasteiger partial charge in [-0.2, -0.15) is 0 Å². The molecule has 0 amide bonds. The summed E-state index contributed by atoms with van der Waals surface area (Å²) in [6.07, 6.45) is 3.25. The Morgan fingerprint density at radius 3 is 3.00 bits per heavy atom. The van der Waals surface area contributed by atoms with Gasteiger partial charge in [0.15, 0.2) is 0 Å². The summed E-state index contributed by atoms with van der Waals surface area (Å²) in [4.78, 5) is 10.2. The fourth-order valence-corrected chi connectivity index (χ4v) is 1.29. The van der Waals surface area contributed by atoms with Gasteiger partial charge in [-0.25, -0.2) is 9.78 Å². The van der Waals surface area contributed by atoms with Crippen LogP contribution in [-0.4, -0.2) is 25.9 Å². The van der Waals surface area contributed by atoms with E-state index in [1.54, 1.807) is 7.11 Å². The fourth-order valence-electron chi connectivity index (χ4n) is 1.29. The Hall–Kier alpha value is -0.120. The van der Waals surface area contributed by atoms with Crippen molar-refractivity contribution in [2.24, 2.45) is 0 Å². The van der Waals surface area contributed by atoms with Crippen molar-refractivity contribution in [1.29, 1.82) is 0 Å². The van der Waals surface area contributed by atoms with Gasteiger partial charge in [0.05, 0.1) is 13.2 Å². The van der Waals surface area contributed by atoms with E-state index in [2.05, 4.69) is 0 Å². The third kappa shape index (κ3) is 2.77. The molecule has 0 aliphatic carbocycles. The van der Waals surface area contributed by atoms with Crippen LogP contribution in [0, 0.1) is 0 Å². The predicted octanol–water partition coefficient (Wildman–Crippen LogP) is 1.52. The quantitative estimate of drug-likeness (QED) is 0.573. The van der Waals surface area contributed by atoms with E-state index in [0.29, 0.717) is 13.2 Å². The molecule has 1 fully saturated rings. The molecule has 0 N–H and O–H groups in total. The first-order valence-corrected chi connectivity index (χ1v) is 4.06.